The second-order valence-electron chi connectivity index (χ2n) is 7.16. The van der Waals surface area contributed by atoms with E-state index in [-0.39, 0.29) is 11.6 Å². The van der Waals surface area contributed by atoms with Crippen molar-refractivity contribution in [3.63, 3.8) is 0 Å². The standard InChI is InChI=1S/C21H18F4N4O2/c1-29-21(31-10-11-7-26-8-11)16(9-27-29)28-20(30)12-5-6-15(24)18(19(12)25)17-13(22)3-2-4-14(17)23/h2-6,9,11,26H,7-8,10H2,1H3,(H,28,30). The third-order valence-corrected chi connectivity index (χ3v) is 5.00. The number of amides is 1. The third kappa shape index (κ3) is 3.98. The first-order valence-electron chi connectivity index (χ1n) is 9.46. The van der Waals surface area contributed by atoms with Crippen LogP contribution in [0, 0.1) is 29.2 Å². The fourth-order valence-corrected chi connectivity index (χ4v) is 3.23. The molecule has 31 heavy (non-hydrogen) atoms. The van der Waals surface area contributed by atoms with Gasteiger partial charge >= 0.3 is 0 Å². The molecule has 0 saturated carbocycles. The Balaban J connectivity index is 1.63. The summed E-state index contributed by atoms with van der Waals surface area (Å²) in [6.45, 7) is 2.03. The monoisotopic (exact) mass is 434 g/mol. The van der Waals surface area contributed by atoms with Gasteiger partial charge in [-0.2, -0.15) is 5.10 Å². The first-order valence-corrected chi connectivity index (χ1v) is 9.46. The van der Waals surface area contributed by atoms with E-state index < -0.39 is 45.9 Å². The average molecular weight is 434 g/mol. The number of benzene rings is 2. The fraction of sp³-hybridized carbons (Fsp3) is 0.238. The summed E-state index contributed by atoms with van der Waals surface area (Å²) in [5.74, 6) is -5.23. The lowest BCUT2D eigenvalue weighted by Crippen LogP contribution is -2.45. The van der Waals surface area contributed by atoms with Crippen molar-refractivity contribution in [2.45, 2.75) is 0 Å². The van der Waals surface area contributed by atoms with E-state index in [4.69, 9.17) is 4.74 Å². The highest BCUT2D eigenvalue weighted by atomic mass is 19.1. The molecule has 6 nitrogen and oxygen atoms in total. The van der Waals surface area contributed by atoms with Crippen LogP contribution in [0.2, 0.25) is 0 Å². The highest BCUT2D eigenvalue weighted by molar-refractivity contribution is 6.05. The van der Waals surface area contributed by atoms with E-state index in [1.807, 2.05) is 0 Å². The molecule has 10 heteroatoms. The van der Waals surface area contributed by atoms with Crippen molar-refractivity contribution >= 4 is 11.6 Å². The Labute approximate surface area is 174 Å². The molecule has 162 valence electrons. The molecule has 2 N–H and O–H groups in total. The predicted molar refractivity (Wildman–Crippen MR) is 105 cm³/mol. The molecule has 0 atom stereocenters. The van der Waals surface area contributed by atoms with Gasteiger partial charge in [0, 0.05) is 26.1 Å². The van der Waals surface area contributed by atoms with Crippen LogP contribution in [0.4, 0.5) is 23.2 Å². The molecule has 1 saturated heterocycles. The summed E-state index contributed by atoms with van der Waals surface area (Å²) < 4.78 is 64.7. The molecular formula is C21H18F4N4O2. The molecule has 1 aliphatic heterocycles. The zero-order chi connectivity index (χ0) is 22.1. The summed E-state index contributed by atoms with van der Waals surface area (Å²) in [6.07, 6.45) is 1.32. The maximum atomic E-state index is 15.1. The van der Waals surface area contributed by atoms with E-state index >= 15 is 4.39 Å². The summed E-state index contributed by atoms with van der Waals surface area (Å²) in [5.41, 5.74) is -2.24. The lowest BCUT2D eigenvalue weighted by atomic mass is 9.99. The molecule has 2 heterocycles. The fourth-order valence-electron chi connectivity index (χ4n) is 3.23. The molecule has 0 bridgehead atoms. The van der Waals surface area contributed by atoms with Crippen molar-refractivity contribution < 1.29 is 27.1 Å². The summed E-state index contributed by atoms with van der Waals surface area (Å²) in [7, 11) is 1.61. The normalized spacial score (nSPS) is 13.7. The van der Waals surface area contributed by atoms with Crippen LogP contribution in [0.5, 0.6) is 5.88 Å². The van der Waals surface area contributed by atoms with Gasteiger partial charge in [0.05, 0.1) is 29.5 Å². The van der Waals surface area contributed by atoms with Crippen LogP contribution in [-0.4, -0.2) is 35.4 Å². The molecule has 1 amide bonds. The quantitative estimate of drug-likeness (QED) is 0.583. The van der Waals surface area contributed by atoms with Gasteiger partial charge < -0.3 is 15.4 Å². The number of ether oxygens (including phenoxy) is 1. The van der Waals surface area contributed by atoms with Gasteiger partial charge in [-0.25, -0.2) is 22.2 Å². The highest BCUT2D eigenvalue weighted by Crippen LogP contribution is 2.33. The molecule has 4 rings (SSSR count). The van der Waals surface area contributed by atoms with Crippen LogP contribution >= 0.6 is 0 Å². The average Bonchev–Trinajstić information content (AvgIpc) is 3.02. The number of carbonyl (C=O) groups is 1. The van der Waals surface area contributed by atoms with E-state index in [2.05, 4.69) is 15.7 Å². The number of halogens is 4. The summed E-state index contributed by atoms with van der Waals surface area (Å²) in [6, 6.07) is 4.51. The van der Waals surface area contributed by atoms with E-state index in [1.54, 1.807) is 7.05 Å². The van der Waals surface area contributed by atoms with Gasteiger partial charge in [0.1, 0.15) is 29.0 Å². The number of anilines is 1. The molecule has 3 aromatic rings. The smallest absolute Gasteiger partial charge is 0.258 e. The SMILES string of the molecule is Cn1ncc(NC(=O)c2ccc(F)c(-c3c(F)cccc3F)c2F)c1OCC1CNC1. The van der Waals surface area contributed by atoms with Crippen molar-refractivity contribution in [3.05, 3.63) is 65.4 Å². The number of nitrogens with zero attached hydrogens (tertiary/aromatic N) is 2. The van der Waals surface area contributed by atoms with Crippen molar-refractivity contribution in [2.24, 2.45) is 13.0 Å². The van der Waals surface area contributed by atoms with E-state index in [0.717, 1.165) is 43.4 Å². The Hall–Kier alpha value is -3.40. The van der Waals surface area contributed by atoms with Crippen LogP contribution < -0.4 is 15.4 Å². The predicted octanol–water partition coefficient (Wildman–Crippen LogP) is 3.49. The second-order valence-corrected chi connectivity index (χ2v) is 7.16. The molecule has 1 aliphatic rings. The Kier molecular flexibility index (Phi) is 5.64. The Morgan fingerprint density at radius 1 is 1.13 bits per heavy atom. The third-order valence-electron chi connectivity index (χ3n) is 5.00. The van der Waals surface area contributed by atoms with Crippen LogP contribution in [0.25, 0.3) is 11.1 Å². The van der Waals surface area contributed by atoms with E-state index in [9.17, 15) is 18.0 Å². The minimum atomic E-state index is -1.38. The number of rotatable bonds is 6. The number of carbonyl (C=O) groups excluding carboxylic acids is 1. The van der Waals surface area contributed by atoms with E-state index in [1.165, 1.54) is 10.9 Å². The number of hydrogen-bond acceptors (Lipinski definition) is 4. The number of aryl methyl sites for hydroxylation is 1. The first-order chi connectivity index (χ1) is 14.9. The van der Waals surface area contributed by atoms with Crippen LogP contribution in [0.3, 0.4) is 0 Å². The first kappa shape index (κ1) is 20.9. The van der Waals surface area contributed by atoms with E-state index in [0.29, 0.717) is 12.5 Å². The number of nitrogens with one attached hydrogen (secondary N) is 2. The van der Waals surface area contributed by atoms with Gasteiger partial charge in [-0.1, -0.05) is 6.07 Å². The van der Waals surface area contributed by atoms with Gasteiger partial charge in [-0.05, 0) is 24.3 Å². The Morgan fingerprint density at radius 3 is 2.45 bits per heavy atom. The number of aromatic nitrogens is 2. The topological polar surface area (TPSA) is 68.2 Å². The van der Waals surface area contributed by atoms with Gasteiger partial charge in [-0.15, -0.1) is 0 Å². The lowest BCUT2D eigenvalue weighted by molar-refractivity contribution is 0.102. The zero-order valence-corrected chi connectivity index (χ0v) is 16.4. The minimum Gasteiger partial charge on any atom is -0.476 e. The van der Waals surface area contributed by atoms with Gasteiger partial charge in [0.2, 0.25) is 5.88 Å². The Morgan fingerprint density at radius 2 is 1.81 bits per heavy atom. The highest BCUT2D eigenvalue weighted by Gasteiger charge is 2.26. The number of hydrogen-bond donors (Lipinski definition) is 2. The molecule has 2 aromatic carbocycles. The van der Waals surface area contributed by atoms with Gasteiger partial charge in [-0.3, -0.25) is 4.79 Å². The maximum absolute atomic E-state index is 15.1. The summed E-state index contributed by atoms with van der Waals surface area (Å²) in [5, 5.41) is 9.59. The molecule has 1 aromatic heterocycles. The summed E-state index contributed by atoms with van der Waals surface area (Å²) >= 11 is 0. The maximum Gasteiger partial charge on any atom is 0.258 e. The van der Waals surface area contributed by atoms with Crippen molar-refractivity contribution in [2.75, 3.05) is 25.0 Å². The largest absolute Gasteiger partial charge is 0.476 e. The lowest BCUT2D eigenvalue weighted by Gasteiger charge is -2.26. The second kappa shape index (κ2) is 8.38. The molecule has 0 unspecified atom stereocenters. The van der Waals surface area contributed by atoms with Crippen LogP contribution in [0.15, 0.2) is 36.5 Å². The summed E-state index contributed by atoms with van der Waals surface area (Å²) in [4.78, 5) is 12.7. The van der Waals surface area contributed by atoms with Gasteiger partial charge in [0.25, 0.3) is 5.91 Å². The van der Waals surface area contributed by atoms with Crippen molar-refractivity contribution in [1.29, 1.82) is 0 Å². The van der Waals surface area contributed by atoms with Crippen LogP contribution in [0.1, 0.15) is 10.4 Å². The zero-order valence-electron chi connectivity index (χ0n) is 16.4. The molecule has 0 spiro atoms. The van der Waals surface area contributed by atoms with Crippen molar-refractivity contribution in [3.8, 4) is 17.0 Å². The van der Waals surface area contributed by atoms with Crippen LogP contribution in [-0.2, 0) is 7.05 Å². The molecule has 0 radical (unpaired) electrons. The van der Waals surface area contributed by atoms with Crippen molar-refractivity contribution in [1.82, 2.24) is 15.1 Å². The van der Waals surface area contributed by atoms with Gasteiger partial charge in [0.15, 0.2) is 0 Å². The minimum absolute atomic E-state index is 0.183. The molecular weight excluding hydrogens is 416 g/mol. The Bertz CT molecular complexity index is 1120. The molecule has 0 aliphatic carbocycles. The molecule has 1 fully saturated rings.